The van der Waals surface area contributed by atoms with E-state index in [2.05, 4.69) is 20.9 Å². The predicted molar refractivity (Wildman–Crippen MR) is 42.8 cm³/mol. The zero-order valence-corrected chi connectivity index (χ0v) is 7.51. The van der Waals surface area contributed by atoms with Crippen LogP contribution in [0.25, 0.3) is 0 Å². The van der Waals surface area contributed by atoms with Gasteiger partial charge < -0.3 is 4.57 Å². The number of aromatic nitrogens is 2. The summed E-state index contributed by atoms with van der Waals surface area (Å²) in [5, 5.41) is 0. The number of rotatable bonds is 1. The number of nitrogens with zero attached hydrogens (tertiary/aromatic N) is 2. The molecule has 1 aromatic rings. The van der Waals surface area contributed by atoms with E-state index < -0.39 is 0 Å². The maximum Gasteiger partial charge on any atom is 0.290 e. The van der Waals surface area contributed by atoms with Crippen LogP contribution in [0.3, 0.4) is 0 Å². The molecule has 0 bridgehead atoms. The lowest BCUT2D eigenvalue weighted by molar-refractivity contribution is 0.277. The monoisotopic (exact) mass is 218 g/mol. The van der Waals surface area contributed by atoms with Crippen molar-refractivity contribution in [3.63, 3.8) is 0 Å². The normalized spacial score (nSPS) is 18.4. The molecule has 0 radical (unpaired) electrons. The van der Waals surface area contributed by atoms with Crippen LogP contribution in [0.5, 0.6) is 0 Å². The molecule has 1 heterocycles. The van der Waals surface area contributed by atoms with Gasteiger partial charge in [-0.2, -0.15) is 9.37 Å². The molecule has 1 aliphatic carbocycles. The molecule has 0 saturated heterocycles. The van der Waals surface area contributed by atoms with Crippen molar-refractivity contribution in [3.8, 4) is 0 Å². The molecule has 60 valence electrons. The minimum atomic E-state index is -0.374. The van der Waals surface area contributed by atoms with Crippen LogP contribution < -0.4 is 0 Å². The van der Waals surface area contributed by atoms with Gasteiger partial charge in [-0.25, -0.2) is 0 Å². The zero-order chi connectivity index (χ0) is 7.84. The molecule has 0 atom stereocenters. The maximum absolute atomic E-state index is 12.9. The molecule has 11 heavy (non-hydrogen) atoms. The number of hydrogen-bond donors (Lipinski definition) is 0. The molecule has 0 spiro atoms. The van der Waals surface area contributed by atoms with Gasteiger partial charge in [0.2, 0.25) is 0 Å². The second-order valence-corrected chi connectivity index (χ2v) is 3.64. The van der Waals surface area contributed by atoms with Gasteiger partial charge in [0.15, 0.2) is 0 Å². The lowest BCUT2D eigenvalue weighted by Gasteiger charge is -2.26. The second kappa shape index (κ2) is 2.59. The molecule has 0 aliphatic heterocycles. The van der Waals surface area contributed by atoms with E-state index in [1.807, 2.05) is 0 Å². The minimum Gasteiger partial charge on any atom is -0.303 e. The average Bonchev–Trinajstić information content (AvgIpc) is 2.07. The van der Waals surface area contributed by atoms with Crippen LogP contribution in [0.15, 0.2) is 10.8 Å². The van der Waals surface area contributed by atoms with E-state index in [0.29, 0.717) is 10.6 Å². The summed E-state index contributed by atoms with van der Waals surface area (Å²) in [5.74, 6) is 0. The number of hydrogen-bond acceptors (Lipinski definition) is 1. The molecule has 1 aromatic heterocycles. The molecule has 0 N–H and O–H groups in total. The third-order valence-corrected chi connectivity index (χ3v) is 2.51. The maximum atomic E-state index is 12.9. The summed E-state index contributed by atoms with van der Waals surface area (Å²) in [4.78, 5) is 3.63. The fourth-order valence-corrected chi connectivity index (χ4v) is 1.63. The van der Waals surface area contributed by atoms with Crippen LogP contribution in [-0.2, 0) is 0 Å². The largest absolute Gasteiger partial charge is 0.303 e. The van der Waals surface area contributed by atoms with Gasteiger partial charge in [0.1, 0.15) is 4.60 Å². The van der Waals surface area contributed by atoms with Crippen LogP contribution in [0.1, 0.15) is 25.3 Å². The first-order valence-electron chi connectivity index (χ1n) is 3.67. The van der Waals surface area contributed by atoms with Gasteiger partial charge in [0.05, 0.1) is 0 Å². The number of imidazole rings is 1. The Hall–Kier alpha value is -0.380. The van der Waals surface area contributed by atoms with Gasteiger partial charge in [-0.1, -0.05) is 0 Å². The first kappa shape index (κ1) is 7.28. The van der Waals surface area contributed by atoms with Crippen LogP contribution in [0, 0.1) is 6.08 Å². The topological polar surface area (TPSA) is 17.8 Å². The van der Waals surface area contributed by atoms with E-state index in [9.17, 15) is 4.39 Å². The molecular formula is C7H8BrFN2. The highest BCUT2D eigenvalue weighted by Crippen LogP contribution is 2.32. The molecule has 0 unspecified atom stereocenters. The Bertz CT molecular complexity index is 267. The quantitative estimate of drug-likeness (QED) is 0.709. The van der Waals surface area contributed by atoms with Gasteiger partial charge in [-0.3, -0.25) is 0 Å². The Balaban J connectivity index is 2.28. The van der Waals surface area contributed by atoms with E-state index in [4.69, 9.17) is 0 Å². The summed E-state index contributed by atoms with van der Waals surface area (Å²) in [6.07, 6.45) is 4.71. The standard InChI is InChI=1S/C7H8BrFN2/c8-6-4-11(7(9)10-6)5-2-1-3-5/h4-5H,1-3H2. The van der Waals surface area contributed by atoms with E-state index >= 15 is 0 Å². The van der Waals surface area contributed by atoms with E-state index in [-0.39, 0.29) is 6.08 Å². The van der Waals surface area contributed by atoms with Crippen molar-refractivity contribution in [1.29, 1.82) is 0 Å². The van der Waals surface area contributed by atoms with Crippen molar-refractivity contribution in [2.45, 2.75) is 25.3 Å². The van der Waals surface area contributed by atoms with Crippen LogP contribution in [0.4, 0.5) is 4.39 Å². The van der Waals surface area contributed by atoms with Gasteiger partial charge >= 0.3 is 0 Å². The van der Waals surface area contributed by atoms with Gasteiger partial charge in [0, 0.05) is 12.2 Å². The Morgan fingerprint density at radius 3 is 2.73 bits per heavy atom. The van der Waals surface area contributed by atoms with E-state index in [1.54, 1.807) is 10.8 Å². The van der Waals surface area contributed by atoms with Crippen molar-refractivity contribution < 1.29 is 4.39 Å². The highest BCUT2D eigenvalue weighted by molar-refractivity contribution is 9.10. The van der Waals surface area contributed by atoms with E-state index in [0.717, 1.165) is 12.8 Å². The van der Waals surface area contributed by atoms with E-state index in [1.165, 1.54) is 6.42 Å². The third-order valence-electron chi connectivity index (χ3n) is 2.13. The SMILES string of the molecule is Fc1nc(Br)cn1C1CCC1. The summed E-state index contributed by atoms with van der Waals surface area (Å²) in [6, 6.07) is 0.355. The Morgan fingerprint density at radius 1 is 1.64 bits per heavy atom. The highest BCUT2D eigenvalue weighted by atomic mass is 79.9. The lowest BCUT2D eigenvalue weighted by atomic mass is 9.93. The van der Waals surface area contributed by atoms with Crippen LogP contribution in [-0.4, -0.2) is 9.55 Å². The summed E-state index contributed by atoms with van der Waals surface area (Å²) in [7, 11) is 0. The molecule has 4 heteroatoms. The summed E-state index contributed by atoms with van der Waals surface area (Å²) in [6.45, 7) is 0. The Labute approximate surface area is 72.6 Å². The Kier molecular flexibility index (Phi) is 1.71. The molecule has 1 aliphatic rings. The van der Waals surface area contributed by atoms with Crippen molar-refractivity contribution in [2.75, 3.05) is 0 Å². The molecule has 1 fully saturated rings. The first-order valence-corrected chi connectivity index (χ1v) is 4.46. The smallest absolute Gasteiger partial charge is 0.290 e. The van der Waals surface area contributed by atoms with Crippen molar-refractivity contribution in [1.82, 2.24) is 9.55 Å². The van der Waals surface area contributed by atoms with Crippen LogP contribution >= 0.6 is 15.9 Å². The zero-order valence-electron chi connectivity index (χ0n) is 5.93. The predicted octanol–water partition coefficient (Wildman–Crippen LogP) is 2.51. The summed E-state index contributed by atoms with van der Waals surface area (Å²) >= 11 is 3.13. The first-order chi connectivity index (χ1) is 5.27. The molecule has 0 amide bonds. The lowest BCUT2D eigenvalue weighted by Crippen LogP contribution is -2.17. The fourth-order valence-electron chi connectivity index (χ4n) is 1.26. The third kappa shape index (κ3) is 1.20. The average molecular weight is 219 g/mol. The molecular weight excluding hydrogens is 211 g/mol. The molecule has 1 saturated carbocycles. The van der Waals surface area contributed by atoms with Crippen molar-refractivity contribution in [3.05, 3.63) is 16.9 Å². The van der Waals surface area contributed by atoms with Crippen molar-refractivity contribution >= 4 is 15.9 Å². The molecule has 2 nitrogen and oxygen atoms in total. The van der Waals surface area contributed by atoms with Gasteiger partial charge in [-0.05, 0) is 35.2 Å². The summed E-state index contributed by atoms with van der Waals surface area (Å²) < 4.78 is 15.1. The fraction of sp³-hybridized carbons (Fsp3) is 0.571. The minimum absolute atomic E-state index is 0.355. The Morgan fingerprint density at radius 2 is 2.36 bits per heavy atom. The molecule has 2 rings (SSSR count). The molecule has 0 aromatic carbocycles. The highest BCUT2D eigenvalue weighted by Gasteiger charge is 2.22. The van der Waals surface area contributed by atoms with Gasteiger partial charge in [0.25, 0.3) is 6.08 Å². The van der Waals surface area contributed by atoms with Crippen LogP contribution in [0.2, 0.25) is 0 Å². The summed E-state index contributed by atoms with van der Waals surface area (Å²) in [5.41, 5.74) is 0. The second-order valence-electron chi connectivity index (χ2n) is 2.82. The van der Waals surface area contributed by atoms with Crippen molar-refractivity contribution in [2.24, 2.45) is 0 Å². The van der Waals surface area contributed by atoms with Gasteiger partial charge in [-0.15, -0.1) is 0 Å². The number of halogens is 2.